The number of ether oxygens (including phenoxy) is 1. The molecule has 1 aromatic carbocycles. The molecule has 2 N–H and O–H groups in total. The zero-order chi connectivity index (χ0) is 17.7. The maximum Gasteiger partial charge on any atom is 0.341 e. The fourth-order valence-corrected chi connectivity index (χ4v) is 2.31. The Morgan fingerprint density at radius 1 is 1.25 bits per heavy atom. The van der Waals surface area contributed by atoms with Crippen molar-refractivity contribution in [1.82, 2.24) is 4.98 Å². The summed E-state index contributed by atoms with van der Waals surface area (Å²) in [4.78, 5) is 28.3. The number of aromatic nitrogens is 1. The van der Waals surface area contributed by atoms with Crippen molar-refractivity contribution < 1.29 is 14.3 Å². The van der Waals surface area contributed by atoms with E-state index in [2.05, 4.69) is 15.6 Å². The van der Waals surface area contributed by atoms with Crippen LogP contribution in [0.25, 0.3) is 0 Å². The van der Waals surface area contributed by atoms with E-state index < -0.39 is 18.0 Å². The van der Waals surface area contributed by atoms with Crippen molar-refractivity contribution >= 4 is 46.6 Å². The third-order valence-electron chi connectivity index (χ3n) is 3.12. The SMILES string of the molecule is CNc1ccccc1C(=O)O[C@@H](C)C(=O)Nc1ncc(Cl)cc1Cl. The smallest absolute Gasteiger partial charge is 0.341 e. The molecule has 8 heteroatoms. The molecule has 0 aliphatic rings. The molecule has 2 aromatic rings. The molecule has 1 atom stereocenters. The van der Waals surface area contributed by atoms with Crippen molar-refractivity contribution in [2.75, 3.05) is 17.7 Å². The molecule has 6 nitrogen and oxygen atoms in total. The van der Waals surface area contributed by atoms with E-state index in [4.69, 9.17) is 27.9 Å². The van der Waals surface area contributed by atoms with Gasteiger partial charge in [-0.3, -0.25) is 4.79 Å². The highest BCUT2D eigenvalue weighted by Crippen LogP contribution is 2.23. The van der Waals surface area contributed by atoms with Crippen LogP contribution >= 0.6 is 23.2 Å². The van der Waals surface area contributed by atoms with Gasteiger partial charge in [-0.15, -0.1) is 0 Å². The third kappa shape index (κ3) is 4.37. The van der Waals surface area contributed by atoms with Crippen LogP contribution in [0.3, 0.4) is 0 Å². The highest BCUT2D eigenvalue weighted by Gasteiger charge is 2.21. The first-order valence-corrected chi connectivity index (χ1v) is 7.77. The summed E-state index contributed by atoms with van der Waals surface area (Å²) >= 11 is 11.7. The average molecular weight is 368 g/mol. The second kappa shape index (κ2) is 7.99. The molecular formula is C16H15Cl2N3O3. The van der Waals surface area contributed by atoms with Crippen LogP contribution < -0.4 is 10.6 Å². The quantitative estimate of drug-likeness (QED) is 0.788. The van der Waals surface area contributed by atoms with Crippen molar-refractivity contribution in [3.05, 3.63) is 52.1 Å². The number of carbonyl (C=O) groups is 2. The molecule has 0 bridgehead atoms. The van der Waals surface area contributed by atoms with E-state index in [0.29, 0.717) is 16.3 Å². The summed E-state index contributed by atoms with van der Waals surface area (Å²) in [5, 5.41) is 5.92. The number of carbonyl (C=O) groups excluding carboxylic acids is 2. The minimum absolute atomic E-state index is 0.143. The number of hydrogen-bond acceptors (Lipinski definition) is 5. The zero-order valence-corrected chi connectivity index (χ0v) is 14.5. The zero-order valence-electron chi connectivity index (χ0n) is 13.0. The Hall–Kier alpha value is -2.31. The number of para-hydroxylation sites is 1. The monoisotopic (exact) mass is 367 g/mol. The molecule has 1 amide bonds. The number of benzene rings is 1. The van der Waals surface area contributed by atoms with Crippen LogP contribution in [0.4, 0.5) is 11.5 Å². The summed E-state index contributed by atoms with van der Waals surface area (Å²) in [5.41, 5.74) is 0.944. The lowest BCUT2D eigenvalue weighted by molar-refractivity contribution is -0.123. The summed E-state index contributed by atoms with van der Waals surface area (Å²) in [5.74, 6) is -1.02. The lowest BCUT2D eigenvalue weighted by Crippen LogP contribution is -2.30. The fraction of sp³-hybridized carbons (Fsp3) is 0.188. The van der Waals surface area contributed by atoms with Crippen LogP contribution in [0.5, 0.6) is 0 Å². The Bertz CT molecular complexity index is 768. The summed E-state index contributed by atoms with van der Waals surface area (Å²) in [6.45, 7) is 1.46. The number of rotatable bonds is 5. The van der Waals surface area contributed by atoms with Crippen molar-refractivity contribution in [2.24, 2.45) is 0 Å². The average Bonchev–Trinajstić information content (AvgIpc) is 2.57. The van der Waals surface area contributed by atoms with Crippen molar-refractivity contribution in [1.29, 1.82) is 0 Å². The first-order chi connectivity index (χ1) is 11.4. The van der Waals surface area contributed by atoms with Gasteiger partial charge < -0.3 is 15.4 Å². The Morgan fingerprint density at radius 3 is 2.62 bits per heavy atom. The maximum absolute atomic E-state index is 12.2. The Kier molecular flexibility index (Phi) is 6.00. The van der Waals surface area contributed by atoms with Gasteiger partial charge in [-0.05, 0) is 25.1 Å². The molecule has 0 aliphatic heterocycles. The van der Waals surface area contributed by atoms with Gasteiger partial charge >= 0.3 is 5.97 Å². The van der Waals surface area contributed by atoms with Crippen LogP contribution in [-0.2, 0) is 9.53 Å². The molecule has 126 valence electrons. The Morgan fingerprint density at radius 2 is 1.96 bits per heavy atom. The predicted molar refractivity (Wildman–Crippen MR) is 93.8 cm³/mol. The van der Waals surface area contributed by atoms with Gasteiger partial charge in [0, 0.05) is 18.9 Å². The van der Waals surface area contributed by atoms with Gasteiger partial charge in [0.15, 0.2) is 11.9 Å². The van der Waals surface area contributed by atoms with Gasteiger partial charge in [-0.25, -0.2) is 9.78 Å². The predicted octanol–water partition coefficient (Wildman–Crippen LogP) is 3.61. The molecule has 1 aromatic heterocycles. The van der Waals surface area contributed by atoms with E-state index in [9.17, 15) is 9.59 Å². The number of anilines is 2. The van der Waals surface area contributed by atoms with Crippen LogP contribution in [-0.4, -0.2) is 30.0 Å². The van der Waals surface area contributed by atoms with Gasteiger partial charge in [-0.1, -0.05) is 35.3 Å². The lowest BCUT2D eigenvalue weighted by atomic mass is 10.2. The molecule has 0 fully saturated rings. The number of pyridine rings is 1. The molecule has 0 radical (unpaired) electrons. The van der Waals surface area contributed by atoms with Crippen LogP contribution in [0.15, 0.2) is 36.5 Å². The van der Waals surface area contributed by atoms with E-state index >= 15 is 0 Å². The molecule has 0 unspecified atom stereocenters. The third-order valence-corrected chi connectivity index (χ3v) is 3.61. The van der Waals surface area contributed by atoms with Crippen molar-refractivity contribution in [3.63, 3.8) is 0 Å². The van der Waals surface area contributed by atoms with E-state index in [1.807, 2.05) is 0 Å². The molecule has 0 spiro atoms. The summed E-state index contributed by atoms with van der Waals surface area (Å²) in [7, 11) is 1.69. The summed E-state index contributed by atoms with van der Waals surface area (Å²) in [6, 6.07) is 8.28. The number of amides is 1. The minimum atomic E-state index is -1.03. The normalized spacial score (nSPS) is 11.5. The number of nitrogens with zero attached hydrogens (tertiary/aromatic N) is 1. The molecule has 1 heterocycles. The molecule has 0 saturated carbocycles. The molecule has 0 saturated heterocycles. The number of esters is 1. The molecule has 0 aliphatic carbocycles. The fourth-order valence-electron chi connectivity index (χ4n) is 1.88. The van der Waals surface area contributed by atoms with Crippen LogP contribution in [0.2, 0.25) is 10.0 Å². The van der Waals surface area contributed by atoms with Gasteiger partial charge in [0.2, 0.25) is 0 Å². The number of hydrogen-bond donors (Lipinski definition) is 2. The highest BCUT2D eigenvalue weighted by molar-refractivity contribution is 6.36. The summed E-state index contributed by atoms with van der Waals surface area (Å²) < 4.78 is 5.19. The van der Waals surface area contributed by atoms with Gasteiger partial charge in [0.1, 0.15) is 0 Å². The van der Waals surface area contributed by atoms with Gasteiger partial charge in [0.05, 0.1) is 15.6 Å². The van der Waals surface area contributed by atoms with E-state index in [0.717, 1.165) is 0 Å². The largest absolute Gasteiger partial charge is 0.449 e. The summed E-state index contributed by atoms with van der Waals surface area (Å²) in [6.07, 6.45) is 0.319. The lowest BCUT2D eigenvalue weighted by Gasteiger charge is -2.15. The van der Waals surface area contributed by atoms with E-state index in [-0.39, 0.29) is 10.8 Å². The van der Waals surface area contributed by atoms with E-state index in [1.165, 1.54) is 19.2 Å². The van der Waals surface area contributed by atoms with Crippen LogP contribution in [0, 0.1) is 0 Å². The molecular weight excluding hydrogens is 353 g/mol. The van der Waals surface area contributed by atoms with Crippen molar-refractivity contribution in [3.8, 4) is 0 Å². The Labute approximate surface area is 149 Å². The topological polar surface area (TPSA) is 80.3 Å². The standard InChI is InChI=1S/C16H15Cl2N3O3/c1-9(15(22)21-14-12(18)7-10(17)8-20-14)24-16(23)11-5-3-4-6-13(11)19-2/h3-9,19H,1-2H3,(H,20,21,22)/t9-/m0/s1. The maximum atomic E-state index is 12.2. The molecule has 24 heavy (non-hydrogen) atoms. The number of nitrogens with one attached hydrogen (secondary N) is 2. The molecule has 2 rings (SSSR count). The second-order valence-corrected chi connectivity index (χ2v) is 5.66. The van der Waals surface area contributed by atoms with Gasteiger partial charge in [0.25, 0.3) is 5.91 Å². The second-order valence-electron chi connectivity index (χ2n) is 4.82. The first-order valence-electron chi connectivity index (χ1n) is 7.02. The van der Waals surface area contributed by atoms with E-state index in [1.54, 1.807) is 31.3 Å². The number of halogens is 2. The van der Waals surface area contributed by atoms with Crippen molar-refractivity contribution in [2.45, 2.75) is 13.0 Å². The minimum Gasteiger partial charge on any atom is -0.449 e. The van der Waals surface area contributed by atoms with Crippen LogP contribution in [0.1, 0.15) is 17.3 Å². The first kappa shape index (κ1) is 18.0. The van der Waals surface area contributed by atoms with Gasteiger partial charge in [-0.2, -0.15) is 0 Å². The Balaban J connectivity index is 2.04. The highest BCUT2D eigenvalue weighted by atomic mass is 35.5.